The van der Waals surface area contributed by atoms with E-state index >= 15 is 0 Å². The summed E-state index contributed by atoms with van der Waals surface area (Å²) in [6.45, 7) is 1.09. The Kier molecular flexibility index (Phi) is 3.78. The number of carbonyl (C=O) groups is 1. The van der Waals surface area contributed by atoms with E-state index in [9.17, 15) is 9.18 Å². The van der Waals surface area contributed by atoms with E-state index in [4.69, 9.17) is 5.11 Å². The van der Waals surface area contributed by atoms with Crippen molar-refractivity contribution in [3.05, 3.63) is 50.9 Å². The highest BCUT2D eigenvalue weighted by molar-refractivity contribution is 7.18. The number of rotatable bonds is 4. The third kappa shape index (κ3) is 2.90. The highest BCUT2D eigenvalue weighted by atomic mass is 32.1. The summed E-state index contributed by atoms with van der Waals surface area (Å²) in [7, 11) is 0. The first kappa shape index (κ1) is 15.2. The van der Waals surface area contributed by atoms with Gasteiger partial charge in [-0.25, -0.2) is 9.37 Å². The fraction of sp³-hybridized carbons (Fsp3) is 0.188. The molecule has 1 N–H and O–H groups in total. The van der Waals surface area contributed by atoms with E-state index < -0.39 is 5.97 Å². The number of nitrogens with zero attached hydrogens (tertiary/aromatic N) is 3. The molecule has 8 heteroatoms. The predicted molar refractivity (Wildman–Crippen MR) is 91.9 cm³/mol. The van der Waals surface area contributed by atoms with Crippen molar-refractivity contribution < 1.29 is 14.3 Å². The van der Waals surface area contributed by atoms with Gasteiger partial charge in [0, 0.05) is 17.0 Å². The largest absolute Gasteiger partial charge is 0.481 e. The zero-order valence-electron chi connectivity index (χ0n) is 12.4. The third-order valence-electron chi connectivity index (χ3n) is 3.70. The molecular weight excluding hydrogens is 349 g/mol. The Labute approximate surface area is 144 Å². The van der Waals surface area contributed by atoms with E-state index in [-0.39, 0.29) is 12.2 Å². The molecule has 0 radical (unpaired) electrons. The summed E-state index contributed by atoms with van der Waals surface area (Å²) < 4.78 is 14.2. The minimum absolute atomic E-state index is 0.106. The number of hydrogen-bond donors (Lipinski definition) is 1. The summed E-state index contributed by atoms with van der Waals surface area (Å²) in [6, 6.07) is 4.56. The first-order valence-electron chi connectivity index (χ1n) is 7.23. The Bertz CT molecular complexity index is 963. The Morgan fingerprint density at radius 2 is 2.25 bits per heavy atom. The van der Waals surface area contributed by atoms with Crippen LogP contribution in [0.5, 0.6) is 0 Å². The van der Waals surface area contributed by atoms with Gasteiger partial charge >= 0.3 is 5.97 Å². The lowest BCUT2D eigenvalue weighted by atomic mass is 10.0. The zero-order valence-corrected chi connectivity index (χ0v) is 14.0. The van der Waals surface area contributed by atoms with Crippen molar-refractivity contribution >= 4 is 44.6 Å². The second-order valence-corrected chi connectivity index (χ2v) is 7.33. The molecule has 1 aliphatic rings. The van der Waals surface area contributed by atoms with E-state index in [2.05, 4.69) is 10.1 Å². The Morgan fingerprint density at radius 1 is 1.38 bits per heavy atom. The molecule has 2 aromatic heterocycles. The average molecular weight is 361 g/mol. The van der Waals surface area contributed by atoms with Crippen LogP contribution in [0.3, 0.4) is 0 Å². The van der Waals surface area contributed by atoms with E-state index in [0.29, 0.717) is 24.3 Å². The molecule has 0 unspecified atom stereocenters. The molecule has 0 saturated carbocycles. The molecule has 0 amide bonds. The number of fused-ring (bicyclic) bond motifs is 2. The van der Waals surface area contributed by atoms with Crippen molar-refractivity contribution in [2.75, 3.05) is 0 Å². The van der Waals surface area contributed by atoms with E-state index in [0.717, 1.165) is 20.8 Å². The van der Waals surface area contributed by atoms with Gasteiger partial charge in [0.25, 0.3) is 0 Å². The molecule has 3 aromatic rings. The van der Waals surface area contributed by atoms with Crippen LogP contribution < -0.4 is 0 Å². The number of thiophene rings is 1. The Hall–Kier alpha value is -2.32. The van der Waals surface area contributed by atoms with Crippen LogP contribution in [0.25, 0.3) is 10.2 Å². The fourth-order valence-electron chi connectivity index (χ4n) is 2.69. The van der Waals surface area contributed by atoms with Crippen LogP contribution in [0.2, 0.25) is 0 Å². The third-order valence-corrected chi connectivity index (χ3v) is 5.51. The fourth-order valence-corrected chi connectivity index (χ4v) is 4.51. The average Bonchev–Trinajstić information content (AvgIpc) is 3.12. The molecule has 5 nitrogen and oxygen atoms in total. The van der Waals surface area contributed by atoms with Gasteiger partial charge < -0.3 is 5.11 Å². The van der Waals surface area contributed by atoms with Crippen molar-refractivity contribution in [3.63, 3.8) is 0 Å². The van der Waals surface area contributed by atoms with E-state index in [1.807, 2.05) is 15.8 Å². The first-order valence-corrected chi connectivity index (χ1v) is 8.99. The predicted octanol–water partition coefficient (Wildman–Crippen LogP) is 3.69. The van der Waals surface area contributed by atoms with Crippen LogP contribution in [0.15, 0.2) is 34.1 Å². The molecule has 1 aromatic carbocycles. The molecule has 0 aliphatic carbocycles. The van der Waals surface area contributed by atoms with Gasteiger partial charge in [0.2, 0.25) is 0 Å². The van der Waals surface area contributed by atoms with Crippen LogP contribution in [-0.4, -0.2) is 26.8 Å². The Morgan fingerprint density at radius 3 is 3.08 bits per heavy atom. The number of aromatic nitrogens is 1. The second kappa shape index (κ2) is 5.95. The molecule has 3 heterocycles. The number of thiazole rings is 1. The number of carboxylic acids is 1. The van der Waals surface area contributed by atoms with Crippen LogP contribution in [-0.2, 0) is 17.9 Å². The molecule has 1 aliphatic heterocycles. The lowest BCUT2D eigenvalue weighted by molar-refractivity contribution is -0.135. The summed E-state index contributed by atoms with van der Waals surface area (Å²) >= 11 is 3.04. The summed E-state index contributed by atoms with van der Waals surface area (Å²) in [4.78, 5) is 15.5. The van der Waals surface area contributed by atoms with Crippen LogP contribution in [0.1, 0.15) is 22.6 Å². The maximum Gasteiger partial charge on any atom is 0.309 e. The normalized spacial score (nSPS) is 13.9. The summed E-state index contributed by atoms with van der Waals surface area (Å²) in [5, 5.41) is 20.2. The van der Waals surface area contributed by atoms with Gasteiger partial charge in [-0.2, -0.15) is 16.4 Å². The number of hydrazone groups is 1. The standard InChI is InChI=1S/C16H12FN3O2S2/c17-10-1-2-14-13(3-10)18-15(24-14)6-20-5-9-7-23-8-11(9)12(19-20)4-16(21)22/h1-3,7-8H,4-6H2,(H,21,22). The molecule has 122 valence electrons. The maximum absolute atomic E-state index is 13.3. The monoisotopic (exact) mass is 361 g/mol. The van der Waals surface area contributed by atoms with E-state index in [1.54, 1.807) is 17.4 Å². The first-order chi connectivity index (χ1) is 11.6. The molecular formula is C16H12FN3O2S2. The number of aliphatic carboxylic acids is 1. The molecule has 0 fully saturated rings. The molecule has 0 spiro atoms. The van der Waals surface area contributed by atoms with Crippen LogP contribution in [0, 0.1) is 5.82 Å². The summed E-state index contributed by atoms with van der Waals surface area (Å²) in [6.07, 6.45) is -0.106. The van der Waals surface area contributed by atoms with Gasteiger partial charge in [0.1, 0.15) is 10.8 Å². The number of benzene rings is 1. The number of hydrogen-bond acceptors (Lipinski definition) is 6. The smallest absolute Gasteiger partial charge is 0.309 e. The summed E-state index contributed by atoms with van der Waals surface area (Å²) in [5.74, 6) is -1.20. The minimum Gasteiger partial charge on any atom is -0.481 e. The van der Waals surface area contributed by atoms with Crippen molar-refractivity contribution in [1.29, 1.82) is 0 Å². The number of halogens is 1. The SMILES string of the molecule is O=C(O)CC1=NN(Cc2nc3cc(F)ccc3s2)Cc2cscc21. The van der Waals surface area contributed by atoms with E-state index in [1.165, 1.54) is 23.5 Å². The van der Waals surface area contributed by atoms with Crippen molar-refractivity contribution in [2.24, 2.45) is 5.10 Å². The molecule has 0 saturated heterocycles. The van der Waals surface area contributed by atoms with Gasteiger partial charge in [-0.1, -0.05) is 0 Å². The lowest BCUT2D eigenvalue weighted by Crippen LogP contribution is -2.26. The van der Waals surface area contributed by atoms with Crippen LogP contribution >= 0.6 is 22.7 Å². The maximum atomic E-state index is 13.3. The summed E-state index contributed by atoms with van der Waals surface area (Å²) in [5.41, 5.74) is 3.21. The van der Waals surface area contributed by atoms with Gasteiger partial charge in [0.15, 0.2) is 0 Å². The second-order valence-electron chi connectivity index (χ2n) is 5.47. The Balaban J connectivity index is 1.62. The van der Waals surface area contributed by atoms with Gasteiger partial charge in [-0.05, 0) is 23.1 Å². The molecule has 0 bridgehead atoms. The van der Waals surface area contributed by atoms with Crippen molar-refractivity contribution in [1.82, 2.24) is 9.99 Å². The topological polar surface area (TPSA) is 65.8 Å². The molecule has 24 heavy (non-hydrogen) atoms. The van der Waals surface area contributed by atoms with Crippen molar-refractivity contribution in [3.8, 4) is 0 Å². The molecule has 4 rings (SSSR count). The highest BCUT2D eigenvalue weighted by Crippen LogP contribution is 2.28. The minimum atomic E-state index is -0.900. The molecule has 0 atom stereocenters. The van der Waals surface area contributed by atoms with Gasteiger partial charge in [0.05, 0.1) is 35.4 Å². The van der Waals surface area contributed by atoms with Crippen molar-refractivity contribution in [2.45, 2.75) is 19.5 Å². The van der Waals surface area contributed by atoms with Gasteiger partial charge in [-0.3, -0.25) is 9.80 Å². The van der Waals surface area contributed by atoms with Crippen LogP contribution in [0.4, 0.5) is 4.39 Å². The zero-order chi connectivity index (χ0) is 16.7. The number of carboxylic acid groups (broad SMARTS) is 1. The lowest BCUT2D eigenvalue weighted by Gasteiger charge is -2.24. The highest BCUT2D eigenvalue weighted by Gasteiger charge is 2.22. The quantitative estimate of drug-likeness (QED) is 0.770. The van der Waals surface area contributed by atoms with Gasteiger partial charge in [-0.15, -0.1) is 11.3 Å².